The highest BCUT2D eigenvalue weighted by Crippen LogP contribution is 2.14. The second-order valence-electron chi connectivity index (χ2n) is 3.33. The van der Waals surface area contributed by atoms with Crippen molar-refractivity contribution in [2.24, 2.45) is 0 Å². The van der Waals surface area contributed by atoms with Crippen molar-refractivity contribution in [3.05, 3.63) is 29.8 Å². The van der Waals surface area contributed by atoms with Gasteiger partial charge in [-0.15, -0.1) is 0 Å². The number of benzene rings is 1. The van der Waals surface area contributed by atoms with Gasteiger partial charge in [0.15, 0.2) is 0 Å². The second kappa shape index (κ2) is 5.42. The van der Waals surface area contributed by atoms with Gasteiger partial charge in [0.05, 0.1) is 4.90 Å². The molecule has 18 heavy (non-hydrogen) atoms. The van der Waals surface area contributed by atoms with Crippen LogP contribution in [0.1, 0.15) is 5.56 Å². The Morgan fingerprint density at radius 1 is 1.22 bits per heavy atom. The highest BCUT2D eigenvalue weighted by Gasteiger charge is 2.23. The molecule has 1 aromatic rings. The maximum atomic E-state index is 11.7. The molecule has 0 spiro atoms. The average Bonchev–Trinajstić information content (AvgIpc) is 2.24. The lowest BCUT2D eigenvalue weighted by atomic mass is 10.2. The molecule has 0 aliphatic heterocycles. The minimum atomic E-state index is -4.66. The summed E-state index contributed by atoms with van der Waals surface area (Å²) in [4.78, 5) is -0.123. The van der Waals surface area contributed by atoms with E-state index in [-0.39, 0.29) is 4.90 Å². The van der Waals surface area contributed by atoms with Crippen LogP contribution in [-0.4, -0.2) is 21.2 Å². The van der Waals surface area contributed by atoms with E-state index in [0.29, 0.717) is 0 Å². The molecule has 0 bridgehead atoms. The molecule has 0 N–H and O–H groups in total. The molecular weight excluding hydrogens is 269 g/mol. The molecule has 0 heterocycles. The van der Waals surface area contributed by atoms with Crippen LogP contribution in [0.5, 0.6) is 0 Å². The van der Waals surface area contributed by atoms with Crippen LogP contribution in [0.25, 0.3) is 0 Å². The van der Waals surface area contributed by atoms with E-state index in [1.807, 2.05) is 0 Å². The van der Waals surface area contributed by atoms with Crippen molar-refractivity contribution in [1.82, 2.24) is 0 Å². The van der Waals surface area contributed by atoms with E-state index in [2.05, 4.69) is 4.18 Å². The van der Waals surface area contributed by atoms with Gasteiger partial charge in [-0.3, -0.25) is 4.18 Å². The predicted octanol–water partition coefficient (Wildman–Crippen LogP) is 2.27. The van der Waals surface area contributed by atoms with Crippen LogP contribution >= 0.6 is 0 Å². The van der Waals surface area contributed by atoms with E-state index in [0.717, 1.165) is 11.5 Å². The summed E-state index contributed by atoms with van der Waals surface area (Å²) in [6.45, 7) is 0.932. The van der Waals surface area contributed by atoms with Crippen LogP contribution in [0, 0.1) is 18.8 Å². The maximum Gasteiger partial charge on any atom is 0.457 e. The summed E-state index contributed by atoms with van der Waals surface area (Å²) < 4.78 is 62.3. The van der Waals surface area contributed by atoms with Gasteiger partial charge in [-0.1, -0.05) is 23.6 Å². The molecule has 0 aliphatic rings. The number of halogens is 3. The quantitative estimate of drug-likeness (QED) is 0.629. The summed E-state index contributed by atoms with van der Waals surface area (Å²) in [5, 5.41) is 0. The van der Waals surface area contributed by atoms with E-state index in [1.165, 1.54) is 12.1 Å². The fraction of sp³-hybridized carbons (Fsp3) is 0.273. The Morgan fingerprint density at radius 2 is 1.78 bits per heavy atom. The fourth-order valence-electron chi connectivity index (χ4n) is 1.02. The smallest absolute Gasteiger partial charge is 0.253 e. The van der Waals surface area contributed by atoms with Crippen molar-refractivity contribution < 1.29 is 25.8 Å². The first-order valence-electron chi connectivity index (χ1n) is 4.73. The SMILES string of the molecule is Cc1ccc(S(=O)(=O)OCC#CC(F)(F)F)cc1. The normalized spacial score (nSPS) is 11.8. The maximum absolute atomic E-state index is 11.7. The first-order chi connectivity index (χ1) is 8.21. The molecule has 0 aliphatic carbocycles. The summed E-state index contributed by atoms with van der Waals surface area (Å²) in [7, 11) is -4.06. The summed E-state index contributed by atoms with van der Waals surface area (Å²) in [6, 6.07) is 5.72. The van der Waals surface area contributed by atoms with Gasteiger partial charge in [0.2, 0.25) is 0 Å². The van der Waals surface area contributed by atoms with Gasteiger partial charge in [0.25, 0.3) is 10.1 Å². The molecule has 3 nitrogen and oxygen atoms in total. The largest absolute Gasteiger partial charge is 0.457 e. The van der Waals surface area contributed by atoms with Gasteiger partial charge in [-0.25, -0.2) is 0 Å². The standard InChI is InChI=1S/C11H9F3O3S/c1-9-3-5-10(6-4-9)18(15,16)17-8-2-7-11(12,13)14/h3-6H,8H2,1H3. The molecule has 0 unspecified atom stereocenters. The Hall–Kier alpha value is -1.52. The van der Waals surface area contributed by atoms with Crippen molar-refractivity contribution in [2.75, 3.05) is 6.61 Å². The Balaban J connectivity index is 2.71. The van der Waals surface area contributed by atoms with Crippen molar-refractivity contribution >= 4 is 10.1 Å². The molecule has 0 radical (unpaired) electrons. The van der Waals surface area contributed by atoms with E-state index in [9.17, 15) is 21.6 Å². The highest BCUT2D eigenvalue weighted by atomic mass is 32.2. The van der Waals surface area contributed by atoms with E-state index < -0.39 is 22.9 Å². The predicted molar refractivity (Wildman–Crippen MR) is 58.1 cm³/mol. The first-order valence-corrected chi connectivity index (χ1v) is 6.14. The van der Waals surface area contributed by atoms with Crippen molar-refractivity contribution in [3.8, 4) is 11.8 Å². The fourth-order valence-corrected chi connectivity index (χ4v) is 1.84. The average molecular weight is 278 g/mol. The Labute approximate surface area is 103 Å². The molecule has 0 atom stereocenters. The molecule has 0 fully saturated rings. The number of hydrogen-bond donors (Lipinski definition) is 0. The lowest BCUT2D eigenvalue weighted by molar-refractivity contribution is -0.0698. The van der Waals surface area contributed by atoms with Crippen LogP contribution in [0.15, 0.2) is 29.2 Å². The van der Waals surface area contributed by atoms with Crippen molar-refractivity contribution in [3.63, 3.8) is 0 Å². The number of rotatable bonds is 3. The topological polar surface area (TPSA) is 43.4 Å². The van der Waals surface area contributed by atoms with E-state index in [1.54, 1.807) is 25.0 Å². The summed E-state index contributed by atoms with van der Waals surface area (Å²) in [5.74, 6) is 2.50. The third kappa shape index (κ3) is 4.77. The van der Waals surface area contributed by atoms with Gasteiger partial charge in [-0.05, 0) is 19.1 Å². The third-order valence-electron chi connectivity index (χ3n) is 1.83. The lowest BCUT2D eigenvalue weighted by Gasteiger charge is -2.02. The summed E-state index contributed by atoms with van der Waals surface area (Å²) in [5.41, 5.74) is 0.853. The van der Waals surface area contributed by atoms with E-state index in [4.69, 9.17) is 0 Å². The Kier molecular flexibility index (Phi) is 4.38. The van der Waals surface area contributed by atoms with Crippen LogP contribution in [-0.2, 0) is 14.3 Å². The van der Waals surface area contributed by atoms with Gasteiger partial charge < -0.3 is 0 Å². The van der Waals surface area contributed by atoms with E-state index >= 15 is 0 Å². The molecular formula is C11H9F3O3S. The highest BCUT2D eigenvalue weighted by molar-refractivity contribution is 7.86. The Morgan fingerprint density at radius 3 is 2.28 bits per heavy atom. The lowest BCUT2D eigenvalue weighted by Crippen LogP contribution is -2.08. The number of alkyl halides is 3. The molecule has 1 rings (SSSR count). The summed E-state index contributed by atoms with van der Waals surface area (Å²) >= 11 is 0. The van der Waals surface area contributed by atoms with Gasteiger partial charge in [0.1, 0.15) is 6.61 Å². The molecule has 1 aromatic carbocycles. The zero-order valence-corrected chi connectivity index (χ0v) is 10.1. The summed E-state index contributed by atoms with van der Waals surface area (Å²) in [6.07, 6.45) is -4.66. The van der Waals surface area contributed by atoms with Crippen LogP contribution in [0.3, 0.4) is 0 Å². The number of hydrogen-bond acceptors (Lipinski definition) is 3. The number of aryl methyl sites for hydroxylation is 1. The molecule has 0 saturated heterocycles. The van der Waals surface area contributed by atoms with Gasteiger partial charge in [0, 0.05) is 5.92 Å². The van der Waals surface area contributed by atoms with Gasteiger partial charge in [-0.2, -0.15) is 21.6 Å². The van der Waals surface area contributed by atoms with Gasteiger partial charge >= 0.3 is 6.18 Å². The van der Waals surface area contributed by atoms with Crippen LogP contribution < -0.4 is 0 Å². The minimum Gasteiger partial charge on any atom is -0.253 e. The minimum absolute atomic E-state index is 0.123. The monoisotopic (exact) mass is 278 g/mol. The third-order valence-corrected chi connectivity index (χ3v) is 3.10. The van der Waals surface area contributed by atoms with Crippen molar-refractivity contribution in [2.45, 2.75) is 18.0 Å². The molecule has 0 saturated carbocycles. The van der Waals surface area contributed by atoms with Crippen molar-refractivity contribution in [1.29, 1.82) is 0 Å². The zero-order chi connectivity index (χ0) is 13.8. The Bertz CT molecular complexity index is 562. The molecule has 0 aromatic heterocycles. The second-order valence-corrected chi connectivity index (χ2v) is 4.94. The van der Waals surface area contributed by atoms with Crippen LogP contribution in [0.4, 0.5) is 13.2 Å². The molecule has 0 amide bonds. The first kappa shape index (κ1) is 14.5. The molecule has 98 valence electrons. The van der Waals surface area contributed by atoms with Crippen LogP contribution in [0.2, 0.25) is 0 Å². The molecule has 7 heteroatoms. The zero-order valence-electron chi connectivity index (χ0n) is 9.28.